The second-order valence-corrected chi connectivity index (χ2v) is 6.20. The molecule has 0 saturated heterocycles. The van der Waals surface area contributed by atoms with E-state index in [1.807, 2.05) is 38.4 Å². The molecule has 1 heterocycles. The van der Waals surface area contributed by atoms with Gasteiger partial charge in [0.2, 0.25) is 5.91 Å². The SMILES string of the molecule is CNC(=O)Cc1ccc(NC(=O)N[C@@H](C)CCc2cccn2C)cc1. The monoisotopic (exact) mass is 342 g/mol. The van der Waals surface area contributed by atoms with Crippen molar-refractivity contribution >= 4 is 17.6 Å². The third-order valence-electron chi connectivity index (χ3n) is 4.12. The van der Waals surface area contributed by atoms with E-state index in [9.17, 15) is 9.59 Å². The molecule has 0 saturated carbocycles. The summed E-state index contributed by atoms with van der Waals surface area (Å²) < 4.78 is 2.09. The normalized spacial score (nSPS) is 11.6. The molecule has 1 atom stereocenters. The molecule has 2 rings (SSSR count). The van der Waals surface area contributed by atoms with Crippen molar-refractivity contribution in [3.8, 4) is 0 Å². The summed E-state index contributed by atoms with van der Waals surface area (Å²) in [4.78, 5) is 23.4. The number of urea groups is 1. The molecule has 0 radical (unpaired) electrons. The van der Waals surface area contributed by atoms with Crippen molar-refractivity contribution in [2.24, 2.45) is 7.05 Å². The fraction of sp³-hybridized carbons (Fsp3) is 0.368. The Bertz CT molecular complexity index is 706. The van der Waals surface area contributed by atoms with E-state index in [-0.39, 0.29) is 18.0 Å². The van der Waals surface area contributed by atoms with Gasteiger partial charge in [-0.1, -0.05) is 12.1 Å². The number of hydrogen-bond acceptors (Lipinski definition) is 2. The average molecular weight is 342 g/mol. The maximum Gasteiger partial charge on any atom is 0.319 e. The van der Waals surface area contributed by atoms with Gasteiger partial charge in [0.1, 0.15) is 0 Å². The zero-order valence-electron chi connectivity index (χ0n) is 15.0. The van der Waals surface area contributed by atoms with Crippen LogP contribution < -0.4 is 16.0 Å². The van der Waals surface area contributed by atoms with E-state index < -0.39 is 0 Å². The van der Waals surface area contributed by atoms with Crippen LogP contribution in [0.2, 0.25) is 0 Å². The molecule has 1 aromatic heterocycles. The predicted octanol–water partition coefficient (Wildman–Crippen LogP) is 2.46. The van der Waals surface area contributed by atoms with Crippen LogP contribution in [0.4, 0.5) is 10.5 Å². The lowest BCUT2D eigenvalue weighted by atomic mass is 10.1. The number of nitrogens with zero attached hydrogens (tertiary/aromatic N) is 1. The van der Waals surface area contributed by atoms with Gasteiger partial charge in [-0.25, -0.2) is 4.79 Å². The van der Waals surface area contributed by atoms with Gasteiger partial charge in [-0.15, -0.1) is 0 Å². The van der Waals surface area contributed by atoms with E-state index in [4.69, 9.17) is 0 Å². The molecular formula is C19H26N4O2. The second kappa shape index (κ2) is 8.92. The summed E-state index contributed by atoms with van der Waals surface area (Å²) in [6, 6.07) is 11.2. The standard InChI is InChI=1S/C19H26N4O2/c1-14(6-11-17-5-4-12-23(17)3)21-19(25)22-16-9-7-15(8-10-16)13-18(24)20-2/h4-5,7-10,12,14H,6,11,13H2,1-3H3,(H,20,24)(H2,21,22,25)/t14-/m0/s1. The Balaban J connectivity index is 1.77. The first kappa shape index (κ1) is 18.6. The lowest BCUT2D eigenvalue weighted by Gasteiger charge is -2.15. The molecule has 0 bridgehead atoms. The van der Waals surface area contributed by atoms with Crippen LogP contribution >= 0.6 is 0 Å². The van der Waals surface area contributed by atoms with Crippen molar-refractivity contribution < 1.29 is 9.59 Å². The highest BCUT2D eigenvalue weighted by Crippen LogP contribution is 2.10. The van der Waals surface area contributed by atoms with Crippen LogP contribution in [0, 0.1) is 0 Å². The van der Waals surface area contributed by atoms with Crippen molar-refractivity contribution in [3.05, 3.63) is 53.9 Å². The molecule has 2 aromatic rings. The van der Waals surface area contributed by atoms with Gasteiger partial charge < -0.3 is 20.5 Å². The average Bonchev–Trinajstić information content (AvgIpc) is 2.99. The minimum absolute atomic E-state index is 0.0366. The number of benzene rings is 1. The number of carbonyl (C=O) groups excluding carboxylic acids is 2. The van der Waals surface area contributed by atoms with Crippen LogP contribution in [-0.4, -0.2) is 29.6 Å². The van der Waals surface area contributed by atoms with Gasteiger partial charge >= 0.3 is 6.03 Å². The summed E-state index contributed by atoms with van der Waals surface area (Å²) in [5.41, 5.74) is 2.86. The maximum atomic E-state index is 12.1. The summed E-state index contributed by atoms with van der Waals surface area (Å²) in [5.74, 6) is -0.0366. The maximum absolute atomic E-state index is 12.1. The van der Waals surface area contributed by atoms with Gasteiger partial charge in [0.15, 0.2) is 0 Å². The highest BCUT2D eigenvalue weighted by Gasteiger charge is 2.09. The first-order chi connectivity index (χ1) is 12.0. The van der Waals surface area contributed by atoms with Gasteiger partial charge in [-0.05, 0) is 49.6 Å². The highest BCUT2D eigenvalue weighted by atomic mass is 16.2. The molecule has 0 aliphatic rings. The second-order valence-electron chi connectivity index (χ2n) is 6.20. The molecule has 134 valence electrons. The Kier molecular flexibility index (Phi) is 6.62. The number of anilines is 1. The molecule has 1 aromatic carbocycles. The number of aromatic nitrogens is 1. The molecule has 0 spiro atoms. The smallest absolute Gasteiger partial charge is 0.319 e. The fourth-order valence-electron chi connectivity index (χ4n) is 2.56. The van der Waals surface area contributed by atoms with E-state index in [0.29, 0.717) is 12.1 Å². The number of amides is 3. The van der Waals surface area contributed by atoms with Crippen LogP contribution in [0.15, 0.2) is 42.6 Å². The number of likely N-dealkylation sites (N-methyl/N-ethyl adjacent to an activating group) is 1. The first-order valence-corrected chi connectivity index (χ1v) is 8.45. The number of carbonyl (C=O) groups is 2. The zero-order chi connectivity index (χ0) is 18.2. The Morgan fingerprint density at radius 3 is 2.48 bits per heavy atom. The number of nitrogens with one attached hydrogen (secondary N) is 3. The molecule has 0 aliphatic carbocycles. The lowest BCUT2D eigenvalue weighted by molar-refractivity contribution is -0.119. The van der Waals surface area contributed by atoms with E-state index in [0.717, 1.165) is 18.4 Å². The topological polar surface area (TPSA) is 75.2 Å². The lowest BCUT2D eigenvalue weighted by Crippen LogP contribution is -2.36. The molecule has 6 nitrogen and oxygen atoms in total. The molecule has 0 unspecified atom stereocenters. The largest absolute Gasteiger partial charge is 0.359 e. The van der Waals surface area contributed by atoms with E-state index in [1.165, 1.54) is 5.69 Å². The van der Waals surface area contributed by atoms with E-state index >= 15 is 0 Å². The summed E-state index contributed by atoms with van der Waals surface area (Å²) in [6.45, 7) is 2.00. The third kappa shape index (κ3) is 5.99. The van der Waals surface area contributed by atoms with Crippen molar-refractivity contribution in [2.75, 3.05) is 12.4 Å². The van der Waals surface area contributed by atoms with Crippen LogP contribution in [0.25, 0.3) is 0 Å². The molecule has 3 amide bonds. The van der Waals surface area contributed by atoms with E-state index in [2.05, 4.69) is 26.6 Å². The zero-order valence-corrected chi connectivity index (χ0v) is 15.0. The quantitative estimate of drug-likeness (QED) is 0.723. The molecule has 0 fully saturated rings. The van der Waals surface area contributed by atoms with Crippen LogP contribution in [0.1, 0.15) is 24.6 Å². The summed E-state index contributed by atoms with van der Waals surface area (Å²) in [5, 5.41) is 8.35. The van der Waals surface area contributed by atoms with Crippen molar-refractivity contribution in [1.82, 2.24) is 15.2 Å². The van der Waals surface area contributed by atoms with Crippen molar-refractivity contribution in [2.45, 2.75) is 32.2 Å². The minimum Gasteiger partial charge on any atom is -0.359 e. The first-order valence-electron chi connectivity index (χ1n) is 8.45. The predicted molar refractivity (Wildman–Crippen MR) is 99.6 cm³/mol. The summed E-state index contributed by atoms with van der Waals surface area (Å²) in [7, 11) is 3.63. The number of rotatable bonds is 7. The van der Waals surface area contributed by atoms with Gasteiger partial charge in [-0.2, -0.15) is 0 Å². The van der Waals surface area contributed by atoms with Crippen molar-refractivity contribution in [3.63, 3.8) is 0 Å². The third-order valence-corrected chi connectivity index (χ3v) is 4.12. The Labute approximate surface area is 148 Å². The highest BCUT2D eigenvalue weighted by molar-refractivity contribution is 5.89. The molecule has 25 heavy (non-hydrogen) atoms. The van der Waals surface area contributed by atoms with Gasteiger partial charge in [0, 0.05) is 37.7 Å². The van der Waals surface area contributed by atoms with Crippen molar-refractivity contribution in [1.29, 1.82) is 0 Å². The van der Waals surface area contributed by atoms with Gasteiger partial charge in [-0.3, -0.25) is 4.79 Å². The van der Waals surface area contributed by atoms with Crippen LogP contribution in [0.5, 0.6) is 0 Å². The summed E-state index contributed by atoms with van der Waals surface area (Å²) in [6.07, 6.45) is 4.14. The molecule has 0 aliphatic heterocycles. The molecule has 3 N–H and O–H groups in total. The molecule has 6 heteroatoms. The fourth-order valence-corrected chi connectivity index (χ4v) is 2.56. The Morgan fingerprint density at radius 1 is 1.16 bits per heavy atom. The Hall–Kier alpha value is -2.76. The van der Waals surface area contributed by atoms with Crippen LogP contribution in [0.3, 0.4) is 0 Å². The van der Waals surface area contributed by atoms with Crippen LogP contribution in [-0.2, 0) is 24.7 Å². The number of hydrogen-bond donors (Lipinski definition) is 3. The van der Waals surface area contributed by atoms with Gasteiger partial charge in [0.05, 0.1) is 6.42 Å². The molecular weight excluding hydrogens is 316 g/mol. The summed E-state index contributed by atoms with van der Waals surface area (Å²) >= 11 is 0. The number of aryl methyl sites for hydroxylation is 2. The Morgan fingerprint density at radius 2 is 1.88 bits per heavy atom. The van der Waals surface area contributed by atoms with E-state index in [1.54, 1.807) is 19.2 Å². The van der Waals surface area contributed by atoms with Gasteiger partial charge in [0.25, 0.3) is 0 Å². The minimum atomic E-state index is -0.224.